The van der Waals surface area contributed by atoms with Crippen LogP contribution >= 0.6 is 35.2 Å². The highest BCUT2D eigenvalue weighted by Crippen LogP contribution is 2.37. The molecule has 10 heteroatoms. The Morgan fingerprint density at radius 1 is 1.21 bits per heavy atom. The third-order valence-corrected chi connectivity index (χ3v) is 5.91. The molecule has 0 bridgehead atoms. The second-order valence-electron chi connectivity index (χ2n) is 6.26. The molecule has 2 aromatic carbocycles. The molecule has 3 aromatic rings. The van der Waals surface area contributed by atoms with E-state index in [1.165, 1.54) is 12.1 Å². The van der Waals surface area contributed by atoms with Gasteiger partial charge >= 0.3 is 6.18 Å². The van der Waals surface area contributed by atoms with E-state index in [9.17, 15) is 18.3 Å². The average molecular weight is 454 g/mol. The van der Waals surface area contributed by atoms with Crippen molar-refractivity contribution in [2.45, 2.75) is 12.6 Å². The molecule has 2 N–H and O–H groups in total. The molecule has 1 aromatic heterocycles. The van der Waals surface area contributed by atoms with Gasteiger partial charge in [0.1, 0.15) is 0 Å². The molecule has 29 heavy (non-hydrogen) atoms. The first-order valence-electron chi connectivity index (χ1n) is 8.25. The zero-order valence-electron chi connectivity index (χ0n) is 14.4. The number of nitrogens with one attached hydrogen (secondary N) is 1. The van der Waals surface area contributed by atoms with Crippen LogP contribution in [0.2, 0.25) is 5.02 Å². The van der Waals surface area contributed by atoms with Gasteiger partial charge in [-0.1, -0.05) is 23.7 Å². The van der Waals surface area contributed by atoms with Gasteiger partial charge in [-0.05, 0) is 52.8 Å². The zero-order chi connectivity index (χ0) is 20.8. The van der Waals surface area contributed by atoms with Crippen molar-refractivity contribution in [1.29, 1.82) is 0 Å². The minimum absolute atomic E-state index is 0.00173. The fourth-order valence-corrected chi connectivity index (χ4v) is 4.40. The predicted octanol–water partition coefficient (Wildman–Crippen LogP) is 4.59. The van der Waals surface area contributed by atoms with Crippen LogP contribution in [-0.4, -0.2) is 16.3 Å². The molecule has 0 amide bonds. The minimum atomic E-state index is -4.57. The summed E-state index contributed by atoms with van der Waals surface area (Å²) < 4.78 is 41.1. The van der Waals surface area contributed by atoms with Crippen LogP contribution in [0.15, 0.2) is 46.6 Å². The fourth-order valence-electron chi connectivity index (χ4n) is 3.09. The van der Waals surface area contributed by atoms with Crippen LogP contribution in [0.1, 0.15) is 21.6 Å². The zero-order valence-corrected chi connectivity index (χ0v) is 16.8. The number of thiazole rings is 1. The first-order valence-corrected chi connectivity index (χ1v) is 9.85. The molecule has 0 fully saturated rings. The van der Waals surface area contributed by atoms with Gasteiger partial charge in [0.25, 0.3) is 0 Å². The molecule has 1 aliphatic heterocycles. The number of alkyl halides is 3. The Balaban J connectivity index is 1.96. The number of hydrogen-bond donors (Lipinski definition) is 2. The Bertz CT molecular complexity index is 1330. The maximum atomic E-state index is 13.6. The second kappa shape index (κ2) is 7.40. The maximum absolute atomic E-state index is 13.6. The number of benzene rings is 2. The van der Waals surface area contributed by atoms with Crippen molar-refractivity contribution in [2.24, 2.45) is 10.2 Å². The number of H-pyrrole nitrogens is 1. The monoisotopic (exact) mass is 453 g/mol. The standard InChI is InChI=1S/C19H11ClF3N3OS2/c20-12-3-1-10(14(7-12)19(21,22)23)6-13(16-17(27)25-18(28)29-16)9-2-4-15-11(5-9)8-24-26-15/h1-5,7-8,27H,6H2,(H,25,28). The Morgan fingerprint density at radius 2 is 2.00 bits per heavy atom. The van der Waals surface area contributed by atoms with Crippen LogP contribution in [0, 0.1) is 3.95 Å². The highest BCUT2D eigenvalue weighted by Gasteiger charge is 2.34. The number of hydrogen-bond acceptors (Lipinski definition) is 5. The lowest BCUT2D eigenvalue weighted by Gasteiger charge is -2.15. The van der Waals surface area contributed by atoms with Crippen LogP contribution in [0.4, 0.5) is 13.2 Å². The molecule has 0 aliphatic carbocycles. The van der Waals surface area contributed by atoms with Crippen molar-refractivity contribution in [2.75, 3.05) is 0 Å². The van der Waals surface area contributed by atoms with E-state index in [2.05, 4.69) is 15.2 Å². The average Bonchev–Trinajstić information content (AvgIpc) is 3.25. The highest BCUT2D eigenvalue weighted by molar-refractivity contribution is 7.73. The predicted molar refractivity (Wildman–Crippen MR) is 109 cm³/mol. The van der Waals surface area contributed by atoms with Crippen molar-refractivity contribution in [1.82, 2.24) is 4.98 Å². The number of aromatic hydroxyl groups is 1. The number of aromatic amines is 1. The molecule has 0 spiro atoms. The van der Waals surface area contributed by atoms with Gasteiger partial charge in [0, 0.05) is 17.0 Å². The molecule has 2 heterocycles. The molecule has 0 saturated carbocycles. The first-order chi connectivity index (χ1) is 13.7. The van der Waals surface area contributed by atoms with Gasteiger partial charge in [0.15, 0.2) is 3.95 Å². The first kappa shape index (κ1) is 19.8. The third kappa shape index (κ3) is 3.98. The van der Waals surface area contributed by atoms with Crippen molar-refractivity contribution < 1.29 is 18.3 Å². The van der Waals surface area contributed by atoms with E-state index in [1.54, 1.807) is 24.4 Å². The summed E-state index contributed by atoms with van der Waals surface area (Å²) in [5, 5.41) is 19.4. The third-order valence-electron chi connectivity index (χ3n) is 4.39. The van der Waals surface area contributed by atoms with E-state index < -0.39 is 11.7 Å². The Kier molecular flexibility index (Phi) is 5.05. The van der Waals surface area contributed by atoms with Crippen LogP contribution in [-0.2, 0) is 12.6 Å². The number of halogens is 4. The number of nitrogens with zero attached hydrogens (tertiary/aromatic N) is 2. The molecule has 4 nitrogen and oxygen atoms in total. The van der Waals surface area contributed by atoms with E-state index in [0.29, 0.717) is 25.0 Å². The summed E-state index contributed by atoms with van der Waals surface area (Å²) in [7, 11) is 0. The molecule has 148 valence electrons. The summed E-state index contributed by atoms with van der Waals surface area (Å²) in [5.41, 5.74) is 0.454. The summed E-state index contributed by atoms with van der Waals surface area (Å²) in [6.07, 6.45) is -3.09. The van der Waals surface area contributed by atoms with Crippen LogP contribution in [0.3, 0.4) is 0 Å². The molecule has 0 saturated heterocycles. The SMILES string of the molecule is Oc1[nH]c(=S)sc1C(Cc1ccc(Cl)cc1C(F)(F)F)=c1ccc2c(c1)C=NN=2. The molecule has 0 radical (unpaired) electrons. The van der Waals surface area contributed by atoms with Gasteiger partial charge in [-0.25, -0.2) is 0 Å². The smallest absolute Gasteiger partial charge is 0.416 e. The van der Waals surface area contributed by atoms with E-state index >= 15 is 0 Å². The van der Waals surface area contributed by atoms with Gasteiger partial charge < -0.3 is 10.1 Å². The van der Waals surface area contributed by atoms with E-state index in [4.69, 9.17) is 23.8 Å². The van der Waals surface area contributed by atoms with Gasteiger partial charge in [-0.2, -0.15) is 23.4 Å². The van der Waals surface area contributed by atoms with Crippen molar-refractivity contribution >= 4 is 46.9 Å². The normalized spacial score (nSPS) is 13.9. The lowest BCUT2D eigenvalue weighted by molar-refractivity contribution is -0.138. The molecule has 1 aliphatic rings. The number of aromatic nitrogens is 1. The second-order valence-corrected chi connectivity index (χ2v) is 8.39. The van der Waals surface area contributed by atoms with Gasteiger partial charge in [-0.15, -0.1) is 11.3 Å². The van der Waals surface area contributed by atoms with Gasteiger partial charge in [-0.3, -0.25) is 0 Å². The van der Waals surface area contributed by atoms with E-state index in [0.717, 1.165) is 23.0 Å². The minimum Gasteiger partial charge on any atom is -0.494 e. The van der Waals surface area contributed by atoms with Crippen LogP contribution in [0.25, 0.3) is 5.57 Å². The largest absolute Gasteiger partial charge is 0.494 e. The number of rotatable bonds is 3. The highest BCUT2D eigenvalue weighted by atomic mass is 35.5. The van der Waals surface area contributed by atoms with Crippen molar-refractivity contribution in [3.63, 3.8) is 0 Å². The summed E-state index contributed by atoms with van der Waals surface area (Å²) in [4.78, 5) is 3.01. The lowest BCUT2D eigenvalue weighted by Crippen LogP contribution is -2.17. The molecule has 4 rings (SSSR count). The van der Waals surface area contributed by atoms with Gasteiger partial charge in [0.05, 0.1) is 22.0 Å². The van der Waals surface area contributed by atoms with Crippen molar-refractivity contribution in [3.8, 4) is 5.88 Å². The van der Waals surface area contributed by atoms with E-state index in [-0.39, 0.29) is 22.9 Å². The summed E-state index contributed by atoms with van der Waals surface area (Å²) in [5.74, 6) is -0.184. The van der Waals surface area contributed by atoms with Gasteiger partial charge in [0.2, 0.25) is 5.88 Å². The maximum Gasteiger partial charge on any atom is 0.416 e. The summed E-state index contributed by atoms with van der Waals surface area (Å²) >= 11 is 12.0. The van der Waals surface area contributed by atoms with E-state index in [1.807, 2.05) is 0 Å². The van der Waals surface area contributed by atoms with Crippen LogP contribution in [0.5, 0.6) is 5.88 Å². The fraction of sp³-hybridized carbons (Fsp3) is 0.105. The molecule has 0 unspecified atom stereocenters. The summed E-state index contributed by atoms with van der Waals surface area (Å²) in [6, 6.07) is 8.90. The van der Waals surface area contributed by atoms with Crippen LogP contribution < -0.4 is 10.6 Å². The topological polar surface area (TPSA) is 60.7 Å². The quantitative estimate of drug-likeness (QED) is 0.570. The van der Waals surface area contributed by atoms with Crippen molar-refractivity contribution in [3.05, 3.63) is 77.5 Å². The molecular weight excluding hydrogens is 443 g/mol. The lowest BCUT2D eigenvalue weighted by atomic mass is 9.96. The summed E-state index contributed by atoms with van der Waals surface area (Å²) in [6.45, 7) is 0. The molecule has 0 atom stereocenters. The molecular formula is C19H11ClF3N3OS2. The Hall–Kier alpha value is -2.49. The Labute approximate surface area is 176 Å². The number of fused-ring (bicyclic) bond motifs is 1. The Morgan fingerprint density at radius 3 is 2.69 bits per heavy atom.